The molecule has 0 saturated heterocycles. The summed E-state index contributed by atoms with van der Waals surface area (Å²) in [6.07, 6.45) is 34.7. The van der Waals surface area contributed by atoms with Crippen molar-refractivity contribution in [1.82, 2.24) is 0 Å². The zero-order valence-corrected chi connectivity index (χ0v) is 24.0. The van der Waals surface area contributed by atoms with Gasteiger partial charge in [0, 0.05) is 6.42 Å². The van der Waals surface area contributed by atoms with E-state index < -0.39 is 0 Å². The highest BCUT2D eigenvalue weighted by atomic mass is 16.5. The molecule has 0 N–H and O–H groups in total. The normalized spacial score (nSPS) is 12.2. The lowest BCUT2D eigenvalue weighted by Gasteiger charge is -2.18. The van der Waals surface area contributed by atoms with E-state index in [2.05, 4.69) is 20.8 Å². The fraction of sp³-hybridized carbons (Fsp3) is 0.969. The molecule has 0 bridgehead atoms. The second kappa shape index (κ2) is 28.7. The number of rotatable bonds is 28. The topological polar surface area (TPSA) is 26.3 Å². The lowest BCUT2D eigenvalue weighted by atomic mass is 10.0. The van der Waals surface area contributed by atoms with E-state index in [1.807, 2.05) is 0 Å². The first-order chi connectivity index (χ1) is 16.7. The van der Waals surface area contributed by atoms with Gasteiger partial charge in [0.2, 0.25) is 0 Å². The van der Waals surface area contributed by atoms with Crippen LogP contribution in [0.2, 0.25) is 0 Å². The fourth-order valence-electron chi connectivity index (χ4n) is 4.92. The van der Waals surface area contributed by atoms with Crippen LogP contribution < -0.4 is 0 Å². The van der Waals surface area contributed by atoms with Crippen LogP contribution in [0.15, 0.2) is 0 Å². The highest BCUT2D eigenvalue weighted by molar-refractivity contribution is 5.69. The highest BCUT2D eigenvalue weighted by Gasteiger charge is 2.14. The molecule has 0 fully saturated rings. The largest absolute Gasteiger partial charge is 0.462 e. The van der Waals surface area contributed by atoms with E-state index in [4.69, 9.17) is 4.74 Å². The maximum atomic E-state index is 12.5. The molecule has 0 aliphatic rings. The minimum atomic E-state index is 0.0635. The van der Waals surface area contributed by atoms with Gasteiger partial charge in [-0.2, -0.15) is 0 Å². The zero-order valence-electron chi connectivity index (χ0n) is 24.0. The summed E-state index contributed by atoms with van der Waals surface area (Å²) >= 11 is 0. The maximum Gasteiger partial charge on any atom is 0.306 e. The van der Waals surface area contributed by atoms with Gasteiger partial charge in [-0.05, 0) is 32.1 Å². The van der Waals surface area contributed by atoms with Gasteiger partial charge >= 0.3 is 5.97 Å². The Morgan fingerprint density at radius 2 is 0.735 bits per heavy atom. The van der Waals surface area contributed by atoms with E-state index >= 15 is 0 Å². The third-order valence-corrected chi connectivity index (χ3v) is 7.29. The van der Waals surface area contributed by atoms with Crippen molar-refractivity contribution in [1.29, 1.82) is 0 Å². The fourth-order valence-corrected chi connectivity index (χ4v) is 4.92. The van der Waals surface area contributed by atoms with Crippen molar-refractivity contribution in [3.05, 3.63) is 0 Å². The Balaban J connectivity index is 3.92. The summed E-state index contributed by atoms with van der Waals surface area (Å²) in [6.45, 7) is 6.82. The van der Waals surface area contributed by atoms with Crippen LogP contribution in [0, 0.1) is 0 Å². The number of esters is 1. The van der Waals surface area contributed by atoms with Crippen molar-refractivity contribution in [2.45, 2.75) is 200 Å². The van der Waals surface area contributed by atoms with Gasteiger partial charge in [0.05, 0.1) is 0 Å². The third-order valence-electron chi connectivity index (χ3n) is 7.29. The molecule has 0 aromatic heterocycles. The van der Waals surface area contributed by atoms with E-state index in [0.29, 0.717) is 6.42 Å². The Morgan fingerprint density at radius 1 is 0.441 bits per heavy atom. The summed E-state index contributed by atoms with van der Waals surface area (Å²) < 4.78 is 5.97. The number of unbranched alkanes of at least 4 members (excludes halogenated alkanes) is 21. The first kappa shape index (κ1) is 33.5. The summed E-state index contributed by atoms with van der Waals surface area (Å²) in [5, 5.41) is 0. The van der Waals surface area contributed by atoms with Crippen molar-refractivity contribution in [3.8, 4) is 0 Å². The minimum Gasteiger partial charge on any atom is -0.462 e. The standard InChI is InChI=1S/C32H64O2/c1-4-7-10-13-15-17-19-20-23-26-29-31(28-25-22-12-9-6-3)34-32(33)30-27-24-21-18-16-14-11-8-5-2/h31H,4-30H2,1-3H3. The molecule has 0 aromatic rings. The van der Waals surface area contributed by atoms with Crippen LogP contribution >= 0.6 is 0 Å². The van der Waals surface area contributed by atoms with E-state index in [1.165, 1.54) is 148 Å². The summed E-state index contributed by atoms with van der Waals surface area (Å²) in [7, 11) is 0. The Hall–Kier alpha value is -0.530. The summed E-state index contributed by atoms with van der Waals surface area (Å²) in [4.78, 5) is 12.5. The molecule has 34 heavy (non-hydrogen) atoms. The Labute approximate surface area is 215 Å². The zero-order chi connectivity index (χ0) is 25.0. The van der Waals surface area contributed by atoms with E-state index in [9.17, 15) is 4.79 Å². The predicted molar refractivity (Wildman–Crippen MR) is 152 cm³/mol. The monoisotopic (exact) mass is 480 g/mol. The molecule has 0 amide bonds. The van der Waals surface area contributed by atoms with Crippen molar-refractivity contribution >= 4 is 5.97 Å². The summed E-state index contributed by atoms with van der Waals surface area (Å²) in [5.41, 5.74) is 0. The minimum absolute atomic E-state index is 0.0635. The Kier molecular flexibility index (Phi) is 28.3. The van der Waals surface area contributed by atoms with Gasteiger partial charge in [-0.25, -0.2) is 0 Å². The Bertz CT molecular complexity index is 392. The number of ether oxygens (including phenoxy) is 1. The van der Waals surface area contributed by atoms with Crippen LogP contribution in [0.25, 0.3) is 0 Å². The first-order valence-corrected chi connectivity index (χ1v) is 15.9. The van der Waals surface area contributed by atoms with Crippen molar-refractivity contribution < 1.29 is 9.53 Å². The SMILES string of the molecule is CCCCCCCCCCCCC(CCCCCCC)OC(=O)CCCCCCCCCCC. The van der Waals surface area contributed by atoms with Crippen LogP contribution in [-0.4, -0.2) is 12.1 Å². The molecule has 0 heterocycles. The first-order valence-electron chi connectivity index (χ1n) is 15.9. The number of hydrogen-bond acceptors (Lipinski definition) is 2. The maximum absolute atomic E-state index is 12.5. The molecule has 0 aromatic carbocycles. The molecule has 0 aliphatic carbocycles. The van der Waals surface area contributed by atoms with Crippen molar-refractivity contribution in [3.63, 3.8) is 0 Å². The second-order valence-electron chi connectivity index (χ2n) is 10.9. The van der Waals surface area contributed by atoms with Gasteiger partial charge in [0.15, 0.2) is 0 Å². The molecule has 0 aliphatic heterocycles. The number of hydrogen-bond donors (Lipinski definition) is 0. The molecule has 2 heteroatoms. The molecule has 1 unspecified atom stereocenters. The van der Waals surface area contributed by atoms with Crippen LogP contribution in [0.4, 0.5) is 0 Å². The van der Waals surface area contributed by atoms with Gasteiger partial charge in [-0.3, -0.25) is 4.79 Å². The van der Waals surface area contributed by atoms with Crippen LogP contribution in [-0.2, 0) is 9.53 Å². The molecule has 0 spiro atoms. The van der Waals surface area contributed by atoms with Crippen LogP contribution in [0.5, 0.6) is 0 Å². The Morgan fingerprint density at radius 3 is 1.09 bits per heavy atom. The van der Waals surface area contributed by atoms with Gasteiger partial charge in [-0.1, -0.05) is 156 Å². The average Bonchev–Trinajstić information content (AvgIpc) is 2.83. The lowest BCUT2D eigenvalue weighted by molar-refractivity contribution is -0.150. The number of carbonyl (C=O) groups excluding carboxylic acids is 1. The molecular formula is C32H64O2. The van der Waals surface area contributed by atoms with E-state index in [1.54, 1.807) is 0 Å². The van der Waals surface area contributed by atoms with E-state index in [-0.39, 0.29) is 12.1 Å². The smallest absolute Gasteiger partial charge is 0.306 e. The second-order valence-corrected chi connectivity index (χ2v) is 10.9. The predicted octanol–water partition coefficient (Wildman–Crippen LogP) is 11.5. The van der Waals surface area contributed by atoms with Crippen molar-refractivity contribution in [2.75, 3.05) is 0 Å². The van der Waals surface area contributed by atoms with Gasteiger partial charge in [0.1, 0.15) is 6.10 Å². The molecular weight excluding hydrogens is 416 g/mol. The molecule has 204 valence electrons. The summed E-state index contributed by atoms with van der Waals surface area (Å²) in [6, 6.07) is 0. The molecule has 0 radical (unpaired) electrons. The molecule has 0 rings (SSSR count). The molecule has 0 saturated carbocycles. The van der Waals surface area contributed by atoms with Crippen molar-refractivity contribution in [2.24, 2.45) is 0 Å². The van der Waals surface area contributed by atoms with Gasteiger partial charge in [0.25, 0.3) is 0 Å². The van der Waals surface area contributed by atoms with Gasteiger partial charge in [-0.15, -0.1) is 0 Å². The highest BCUT2D eigenvalue weighted by Crippen LogP contribution is 2.18. The van der Waals surface area contributed by atoms with Crippen LogP contribution in [0.3, 0.4) is 0 Å². The van der Waals surface area contributed by atoms with Crippen LogP contribution in [0.1, 0.15) is 194 Å². The summed E-state index contributed by atoms with van der Waals surface area (Å²) in [5.74, 6) is 0.0635. The number of carbonyl (C=O) groups is 1. The van der Waals surface area contributed by atoms with E-state index in [0.717, 1.165) is 19.3 Å². The molecule has 1 atom stereocenters. The molecule has 2 nitrogen and oxygen atoms in total. The van der Waals surface area contributed by atoms with Gasteiger partial charge < -0.3 is 4.74 Å². The lowest BCUT2D eigenvalue weighted by Crippen LogP contribution is -2.18. The quantitative estimate of drug-likeness (QED) is 0.0821. The third kappa shape index (κ3) is 26.1. The average molecular weight is 481 g/mol.